The van der Waals surface area contributed by atoms with Gasteiger partial charge >= 0.3 is 5.97 Å². The molecule has 2 atom stereocenters. The van der Waals surface area contributed by atoms with Crippen molar-refractivity contribution in [3.8, 4) is 34.1 Å². The number of aliphatic hydroxyl groups excluding tert-OH is 1. The van der Waals surface area contributed by atoms with Gasteiger partial charge in [0, 0.05) is 63.6 Å². The second kappa shape index (κ2) is 19.9. The number of benzene rings is 4. The van der Waals surface area contributed by atoms with E-state index in [1.165, 1.54) is 0 Å². The molecule has 0 aliphatic rings. The molecular weight excluding hydrogens is 692 g/mol. The van der Waals surface area contributed by atoms with E-state index in [-0.39, 0.29) is 24.4 Å². The van der Waals surface area contributed by atoms with Crippen LogP contribution in [-0.2, 0) is 14.3 Å². The standard InChI is InChI=1S/C22H22O4.C18H18O3.C4H5ClO/c1-15(2)22(23)25-14-16(3)13-24-19-10-9-18-11-20(26-21(18)12-19)17-7-5-4-6-8-17;1-13(11-19)12-20-16-8-7-15-9-17(21-18(15)10-16)14-5-3-2-4-6-14;1-3(2)4(5)6/h4-12,16H,1,13-14H2,2-3H3;2-10,13,19H,11-12H2,1H3;1H2,2H3. The van der Waals surface area contributed by atoms with Gasteiger partial charge in [0.05, 0.1) is 19.8 Å². The number of esters is 1. The van der Waals surface area contributed by atoms with E-state index in [0.29, 0.717) is 31.0 Å². The number of carbonyl (C=O) groups excluding carboxylic acids is 2. The summed E-state index contributed by atoms with van der Waals surface area (Å²) in [6, 6.07) is 35.7. The van der Waals surface area contributed by atoms with E-state index in [1.54, 1.807) is 13.8 Å². The molecule has 0 spiro atoms. The van der Waals surface area contributed by atoms with Gasteiger partial charge in [0.25, 0.3) is 0 Å². The van der Waals surface area contributed by atoms with E-state index >= 15 is 0 Å². The van der Waals surface area contributed by atoms with Crippen molar-refractivity contribution in [2.75, 3.05) is 26.4 Å². The van der Waals surface area contributed by atoms with Crippen LogP contribution >= 0.6 is 11.6 Å². The Morgan fingerprint density at radius 1 is 0.660 bits per heavy atom. The highest BCUT2D eigenvalue weighted by atomic mass is 35.5. The summed E-state index contributed by atoms with van der Waals surface area (Å²) >= 11 is 4.87. The summed E-state index contributed by atoms with van der Waals surface area (Å²) in [5.41, 5.74) is 4.47. The van der Waals surface area contributed by atoms with Crippen LogP contribution in [0.5, 0.6) is 11.5 Å². The van der Waals surface area contributed by atoms with Crippen LogP contribution in [0, 0.1) is 11.8 Å². The third kappa shape index (κ3) is 12.6. The Bertz CT molecular complexity index is 2100. The number of hydrogen-bond acceptors (Lipinski definition) is 8. The Morgan fingerprint density at radius 3 is 1.49 bits per heavy atom. The van der Waals surface area contributed by atoms with Crippen LogP contribution in [0.2, 0.25) is 0 Å². The molecule has 0 fully saturated rings. The minimum absolute atomic E-state index is 0.0745. The molecular formula is C44H45ClO8. The molecule has 8 nitrogen and oxygen atoms in total. The first-order valence-electron chi connectivity index (χ1n) is 17.2. The Kier molecular flexibility index (Phi) is 15.1. The number of fused-ring (bicyclic) bond motifs is 2. The quantitative estimate of drug-likeness (QED) is 0.0709. The molecule has 9 heteroatoms. The normalized spacial score (nSPS) is 11.7. The number of furan rings is 2. The van der Waals surface area contributed by atoms with Crippen LogP contribution in [-0.4, -0.2) is 42.7 Å². The fourth-order valence-corrected chi connectivity index (χ4v) is 4.61. The van der Waals surface area contributed by atoms with Gasteiger partial charge in [0.1, 0.15) is 34.2 Å². The van der Waals surface area contributed by atoms with Crippen LogP contribution in [0.25, 0.3) is 44.6 Å². The van der Waals surface area contributed by atoms with E-state index in [0.717, 1.165) is 56.1 Å². The van der Waals surface area contributed by atoms with Gasteiger partial charge in [-0.05, 0) is 61.8 Å². The van der Waals surface area contributed by atoms with Gasteiger partial charge in [0.15, 0.2) is 0 Å². The molecule has 2 unspecified atom stereocenters. The molecule has 276 valence electrons. The topological polar surface area (TPSA) is 108 Å². The van der Waals surface area contributed by atoms with E-state index < -0.39 is 5.24 Å². The highest BCUT2D eigenvalue weighted by Crippen LogP contribution is 2.31. The highest BCUT2D eigenvalue weighted by molar-refractivity contribution is 6.67. The van der Waals surface area contributed by atoms with Gasteiger partial charge in [-0.15, -0.1) is 0 Å². The van der Waals surface area contributed by atoms with Crippen molar-refractivity contribution in [3.63, 3.8) is 0 Å². The maximum Gasteiger partial charge on any atom is 0.333 e. The van der Waals surface area contributed by atoms with Crippen molar-refractivity contribution in [3.05, 3.63) is 133 Å². The Balaban J connectivity index is 0.000000209. The molecule has 0 aliphatic heterocycles. The molecule has 0 aliphatic carbocycles. The van der Waals surface area contributed by atoms with Crippen molar-refractivity contribution < 1.29 is 37.7 Å². The summed E-state index contributed by atoms with van der Waals surface area (Å²) in [4.78, 5) is 21.2. The zero-order valence-electron chi connectivity index (χ0n) is 30.5. The molecule has 1 N–H and O–H groups in total. The summed E-state index contributed by atoms with van der Waals surface area (Å²) in [5, 5.41) is 10.6. The number of hydrogen-bond donors (Lipinski definition) is 1. The zero-order chi connectivity index (χ0) is 38.3. The molecule has 2 aromatic heterocycles. The Labute approximate surface area is 315 Å². The van der Waals surface area contributed by atoms with Gasteiger partial charge in [-0.2, -0.15) is 0 Å². The number of rotatable bonds is 13. The fourth-order valence-electron chi connectivity index (χ4n) is 4.61. The lowest BCUT2D eigenvalue weighted by molar-refractivity contribution is -0.140. The molecule has 6 rings (SSSR count). The van der Waals surface area contributed by atoms with Gasteiger partial charge in [-0.1, -0.05) is 87.7 Å². The SMILES string of the molecule is C=C(C)C(=O)Cl.C=C(C)C(=O)OCC(C)COc1ccc2cc(-c3ccccc3)oc2c1.CC(CO)COc1ccc2cc(-c3ccccc3)oc2c1. The highest BCUT2D eigenvalue weighted by Gasteiger charge is 2.11. The molecule has 0 saturated carbocycles. The van der Waals surface area contributed by atoms with Crippen molar-refractivity contribution in [1.29, 1.82) is 0 Å². The third-order valence-corrected chi connectivity index (χ3v) is 7.99. The molecule has 6 aromatic rings. The van der Waals surface area contributed by atoms with Crippen LogP contribution in [0.3, 0.4) is 0 Å². The van der Waals surface area contributed by atoms with Gasteiger partial charge < -0.3 is 28.2 Å². The number of halogens is 1. The maximum atomic E-state index is 11.4. The minimum atomic E-state index is -0.463. The van der Waals surface area contributed by atoms with Crippen molar-refractivity contribution in [1.82, 2.24) is 0 Å². The third-order valence-electron chi connectivity index (χ3n) is 7.66. The summed E-state index contributed by atoms with van der Waals surface area (Å²) < 4.78 is 28.5. The lowest BCUT2D eigenvalue weighted by Crippen LogP contribution is -2.18. The molecule has 0 amide bonds. The predicted octanol–water partition coefficient (Wildman–Crippen LogP) is 10.7. The van der Waals surface area contributed by atoms with E-state index in [1.807, 2.05) is 123 Å². The average molecular weight is 737 g/mol. The molecule has 53 heavy (non-hydrogen) atoms. The zero-order valence-corrected chi connectivity index (χ0v) is 31.2. The molecule has 2 heterocycles. The van der Waals surface area contributed by atoms with Crippen LogP contribution in [0.1, 0.15) is 27.7 Å². The molecule has 0 bridgehead atoms. The monoisotopic (exact) mass is 736 g/mol. The van der Waals surface area contributed by atoms with Gasteiger partial charge in [-0.3, -0.25) is 4.79 Å². The lowest BCUT2D eigenvalue weighted by atomic mass is 10.1. The van der Waals surface area contributed by atoms with E-state index in [2.05, 4.69) is 13.2 Å². The number of ether oxygens (including phenoxy) is 3. The maximum absolute atomic E-state index is 11.4. The minimum Gasteiger partial charge on any atom is -0.493 e. The second-order valence-electron chi connectivity index (χ2n) is 12.8. The average Bonchev–Trinajstić information content (AvgIpc) is 3.80. The van der Waals surface area contributed by atoms with Crippen molar-refractivity contribution in [2.24, 2.45) is 11.8 Å². The first-order chi connectivity index (χ1) is 25.4. The van der Waals surface area contributed by atoms with Gasteiger partial charge in [0.2, 0.25) is 5.24 Å². The molecule has 0 radical (unpaired) electrons. The number of carbonyl (C=O) groups is 2. The summed E-state index contributed by atoms with van der Waals surface area (Å²) in [5.74, 6) is 3.00. The largest absolute Gasteiger partial charge is 0.493 e. The second-order valence-corrected chi connectivity index (χ2v) is 13.1. The first-order valence-corrected chi connectivity index (χ1v) is 17.5. The van der Waals surface area contributed by atoms with Crippen molar-refractivity contribution >= 4 is 44.8 Å². The summed E-state index contributed by atoms with van der Waals surface area (Å²) in [6.07, 6.45) is 0. The Hall–Kier alpha value is -5.57. The number of allylic oxidation sites excluding steroid dienone is 1. The fraction of sp³-hybridized carbons (Fsp3) is 0.227. The predicted molar refractivity (Wildman–Crippen MR) is 211 cm³/mol. The Morgan fingerprint density at radius 2 is 1.09 bits per heavy atom. The van der Waals surface area contributed by atoms with Crippen LogP contribution in [0.4, 0.5) is 0 Å². The van der Waals surface area contributed by atoms with Crippen LogP contribution < -0.4 is 9.47 Å². The number of aliphatic hydroxyl groups is 1. The molecule has 4 aromatic carbocycles. The van der Waals surface area contributed by atoms with E-state index in [9.17, 15) is 9.59 Å². The smallest absolute Gasteiger partial charge is 0.333 e. The first kappa shape index (κ1) is 40.2. The van der Waals surface area contributed by atoms with Crippen molar-refractivity contribution in [2.45, 2.75) is 27.7 Å². The van der Waals surface area contributed by atoms with Gasteiger partial charge in [-0.25, -0.2) is 4.79 Å². The van der Waals surface area contributed by atoms with Crippen LogP contribution in [0.15, 0.2) is 142 Å². The molecule has 0 saturated heterocycles. The summed E-state index contributed by atoms with van der Waals surface area (Å²) in [6.45, 7) is 15.3. The van der Waals surface area contributed by atoms with E-state index in [4.69, 9.17) is 39.8 Å². The summed E-state index contributed by atoms with van der Waals surface area (Å²) in [7, 11) is 0. The lowest BCUT2D eigenvalue weighted by Gasteiger charge is -2.13.